The van der Waals surface area contributed by atoms with Gasteiger partial charge in [-0.15, -0.1) is 11.3 Å². The van der Waals surface area contributed by atoms with E-state index < -0.39 is 0 Å². The molecule has 3 aromatic heterocycles. The van der Waals surface area contributed by atoms with E-state index in [1.165, 1.54) is 22.5 Å². The Labute approximate surface area is 214 Å². The van der Waals surface area contributed by atoms with E-state index in [0.29, 0.717) is 23.7 Å². The van der Waals surface area contributed by atoms with Crippen molar-refractivity contribution in [3.63, 3.8) is 0 Å². The van der Waals surface area contributed by atoms with Gasteiger partial charge in [-0.3, -0.25) is 19.6 Å². The molecule has 1 unspecified atom stereocenters. The molecule has 7 nitrogen and oxygen atoms in total. The fourth-order valence-electron chi connectivity index (χ4n) is 4.41. The lowest BCUT2D eigenvalue weighted by Crippen LogP contribution is -2.43. The SMILES string of the molecule is Cc1nc(-c2cccnc2)sc1C(=O)N1CCCC(C(=O)Nc2ccc(Cc3ccncc3)cc2)C1. The molecule has 1 aliphatic heterocycles. The second-order valence-corrected chi connectivity index (χ2v) is 9.98. The van der Waals surface area contributed by atoms with Gasteiger partial charge in [-0.25, -0.2) is 4.98 Å². The Morgan fingerprint density at radius 3 is 2.56 bits per heavy atom. The van der Waals surface area contributed by atoms with Gasteiger partial charge < -0.3 is 10.2 Å². The number of benzene rings is 1. The van der Waals surface area contributed by atoms with E-state index in [9.17, 15) is 9.59 Å². The van der Waals surface area contributed by atoms with Crippen molar-refractivity contribution < 1.29 is 9.59 Å². The molecule has 1 aromatic carbocycles. The molecule has 0 aliphatic carbocycles. The summed E-state index contributed by atoms with van der Waals surface area (Å²) in [4.78, 5) is 41.6. The van der Waals surface area contributed by atoms with Crippen LogP contribution in [0.1, 0.15) is 39.3 Å². The Hall–Kier alpha value is -3.91. The predicted molar refractivity (Wildman–Crippen MR) is 141 cm³/mol. The zero-order valence-electron chi connectivity index (χ0n) is 20.1. The van der Waals surface area contributed by atoms with Crippen LogP contribution in [0.15, 0.2) is 73.3 Å². The first-order chi connectivity index (χ1) is 17.6. The molecule has 8 heteroatoms. The number of piperidine rings is 1. The highest BCUT2D eigenvalue weighted by Gasteiger charge is 2.30. The Bertz CT molecular complexity index is 1340. The first-order valence-corrected chi connectivity index (χ1v) is 12.8. The van der Waals surface area contributed by atoms with Crippen LogP contribution in [0.3, 0.4) is 0 Å². The fraction of sp³-hybridized carbons (Fsp3) is 0.250. The molecule has 0 spiro atoms. The monoisotopic (exact) mass is 497 g/mol. The lowest BCUT2D eigenvalue weighted by Gasteiger charge is -2.31. The number of aromatic nitrogens is 3. The largest absolute Gasteiger partial charge is 0.337 e. The van der Waals surface area contributed by atoms with Crippen molar-refractivity contribution in [2.45, 2.75) is 26.2 Å². The predicted octanol–water partition coefficient (Wildman–Crippen LogP) is 4.99. The van der Waals surface area contributed by atoms with Crippen LogP contribution < -0.4 is 5.32 Å². The van der Waals surface area contributed by atoms with Gasteiger partial charge in [-0.2, -0.15) is 0 Å². The Morgan fingerprint density at radius 1 is 1.03 bits per heavy atom. The number of pyridine rings is 2. The second kappa shape index (κ2) is 10.8. The van der Waals surface area contributed by atoms with E-state index in [-0.39, 0.29) is 17.7 Å². The van der Waals surface area contributed by atoms with E-state index in [1.807, 2.05) is 55.5 Å². The molecule has 1 atom stereocenters. The van der Waals surface area contributed by atoms with Gasteiger partial charge in [0.2, 0.25) is 5.91 Å². The number of nitrogens with one attached hydrogen (secondary N) is 1. The van der Waals surface area contributed by atoms with E-state index in [1.54, 1.807) is 29.7 Å². The molecule has 182 valence electrons. The third kappa shape index (κ3) is 5.49. The average molecular weight is 498 g/mol. The summed E-state index contributed by atoms with van der Waals surface area (Å²) >= 11 is 1.38. The lowest BCUT2D eigenvalue weighted by molar-refractivity contribution is -0.121. The van der Waals surface area contributed by atoms with Crippen LogP contribution in [0, 0.1) is 12.8 Å². The van der Waals surface area contributed by atoms with Gasteiger partial charge in [0.15, 0.2) is 0 Å². The summed E-state index contributed by atoms with van der Waals surface area (Å²) in [5.41, 5.74) is 4.73. The molecule has 2 amide bonds. The molecule has 0 bridgehead atoms. The molecule has 1 saturated heterocycles. The number of hydrogen-bond acceptors (Lipinski definition) is 6. The minimum atomic E-state index is -0.245. The summed E-state index contributed by atoms with van der Waals surface area (Å²) < 4.78 is 0. The van der Waals surface area contributed by atoms with Gasteiger partial charge in [0, 0.05) is 49.1 Å². The van der Waals surface area contributed by atoms with Gasteiger partial charge in [0.05, 0.1) is 11.6 Å². The number of rotatable bonds is 6. The number of aryl methyl sites for hydroxylation is 1. The van der Waals surface area contributed by atoms with Crippen molar-refractivity contribution in [1.29, 1.82) is 0 Å². The van der Waals surface area contributed by atoms with E-state index in [0.717, 1.165) is 35.5 Å². The maximum atomic E-state index is 13.3. The summed E-state index contributed by atoms with van der Waals surface area (Å²) in [6.45, 7) is 2.91. The Balaban J connectivity index is 1.21. The molecule has 0 saturated carbocycles. The minimum absolute atomic E-state index is 0.0496. The van der Waals surface area contributed by atoms with Gasteiger partial charge in [0.1, 0.15) is 9.88 Å². The quantitative estimate of drug-likeness (QED) is 0.405. The molecule has 36 heavy (non-hydrogen) atoms. The van der Waals surface area contributed by atoms with E-state index in [4.69, 9.17) is 0 Å². The molecule has 1 fully saturated rings. The van der Waals surface area contributed by atoms with Crippen molar-refractivity contribution in [2.24, 2.45) is 5.92 Å². The molecular formula is C28H27N5O2S. The summed E-state index contributed by atoms with van der Waals surface area (Å²) in [5, 5.41) is 3.82. The summed E-state index contributed by atoms with van der Waals surface area (Å²) in [5.74, 6) is -0.352. The minimum Gasteiger partial charge on any atom is -0.337 e. The van der Waals surface area contributed by atoms with E-state index >= 15 is 0 Å². The highest BCUT2D eigenvalue weighted by Crippen LogP contribution is 2.30. The van der Waals surface area contributed by atoms with Gasteiger partial charge in [0.25, 0.3) is 5.91 Å². The summed E-state index contributed by atoms with van der Waals surface area (Å²) in [6.07, 6.45) is 9.41. The normalized spacial score (nSPS) is 15.5. The Morgan fingerprint density at radius 2 is 1.81 bits per heavy atom. The molecule has 0 radical (unpaired) electrons. The Kier molecular flexibility index (Phi) is 7.13. The molecule has 5 rings (SSSR count). The third-order valence-corrected chi connectivity index (χ3v) is 7.55. The van der Waals surface area contributed by atoms with Crippen LogP contribution in [0.4, 0.5) is 5.69 Å². The topological polar surface area (TPSA) is 88.1 Å². The zero-order valence-corrected chi connectivity index (χ0v) is 20.9. The van der Waals surface area contributed by atoms with Crippen LogP contribution in [0.2, 0.25) is 0 Å². The van der Waals surface area contributed by atoms with Gasteiger partial charge >= 0.3 is 0 Å². The van der Waals surface area contributed by atoms with Gasteiger partial charge in [-0.05, 0) is 73.7 Å². The highest BCUT2D eigenvalue weighted by molar-refractivity contribution is 7.17. The molecule has 1 N–H and O–H groups in total. The number of likely N-dealkylation sites (tertiary alicyclic amines) is 1. The number of anilines is 1. The fourth-order valence-corrected chi connectivity index (χ4v) is 5.44. The number of amides is 2. The molecule has 4 aromatic rings. The van der Waals surface area contributed by atoms with Crippen LogP contribution >= 0.6 is 11.3 Å². The molecule has 4 heterocycles. The lowest BCUT2D eigenvalue weighted by atomic mass is 9.96. The first kappa shape index (κ1) is 23.8. The van der Waals surface area contributed by atoms with Crippen LogP contribution in [0.25, 0.3) is 10.6 Å². The smallest absolute Gasteiger partial charge is 0.265 e. The highest BCUT2D eigenvalue weighted by atomic mass is 32.1. The number of carbonyl (C=O) groups is 2. The van der Waals surface area contributed by atoms with E-state index in [2.05, 4.69) is 20.3 Å². The molecule has 1 aliphatic rings. The first-order valence-electron chi connectivity index (χ1n) is 12.0. The second-order valence-electron chi connectivity index (χ2n) is 8.98. The zero-order chi connectivity index (χ0) is 24.9. The third-order valence-electron chi connectivity index (χ3n) is 6.36. The average Bonchev–Trinajstić information content (AvgIpc) is 3.32. The van der Waals surface area contributed by atoms with Gasteiger partial charge in [-0.1, -0.05) is 12.1 Å². The maximum absolute atomic E-state index is 13.3. The standard InChI is InChI=1S/C28H27N5O2S/c1-19-25(36-27(31-19)22-4-2-12-30-17-22)28(35)33-15-3-5-23(18-33)26(34)32-24-8-6-20(7-9-24)16-21-10-13-29-14-11-21/h2,4,6-14,17,23H,3,5,15-16,18H2,1H3,(H,32,34). The van der Waals surface area contributed by atoms with Crippen LogP contribution in [-0.4, -0.2) is 44.8 Å². The van der Waals surface area contributed by atoms with Crippen molar-refractivity contribution in [1.82, 2.24) is 19.9 Å². The van der Waals surface area contributed by atoms with Crippen LogP contribution in [-0.2, 0) is 11.2 Å². The maximum Gasteiger partial charge on any atom is 0.265 e. The van der Waals surface area contributed by atoms with Crippen molar-refractivity contribution in [3.8, 4) is 10.6 Å². The summed E-state index contributed by atoms with van der Waals surface area (Å²) in [6, 6.07) is 15.7. The van der Waals surface area contributed by atoms with Crippen molar-refractivity contribution in [3.05, 3.63) is 95.0 Å². The number of carbonyl (C=O) groups excluding carboxylic acids is 2. The number of nitrogens with zero attached hydrogens (tertiary/aromatic N) is 4. The van der Waals surface area contributed by atoms with Crippen molar-refractivity contribution in [2.75, 3.05) is 18.4 Å². The summed E-state index contributed by atoms with van der Waals surface area (Å²) in [7, 11) is 0. The number of hydrogen-bond donors (Lipinski definition) is 1. The number of thiazole rings is 1. The molecular weight excluding hydrogens is 470 g/mol. The van der Waals surface area contributed by atoms with Crippen molar-refractivity contribution >= 4 is 28.8 Å². The van der Waals surface area contributed by atoms with Crippen LogP contribution in [0.5, 0.6) is 0 Å².